The first-order valence-electron chi connectivity index (χ1n) is 7.36. The first-order chi connectivity index (χ1) is 10.2. The van der Waals surface area contributed by atoms with E-state index >= 15 is 0 Å². The summed E-state index contributed by atoms with van der Waals surface area (Å²) in [7, 11) is -1.31. The molecule has 1 aromatic heterocycles. The average molecular weight is 325 g/mol. The zero-order chi connectivity index (χ0) is 16.5. The van der Waals surface area contributed by atoms with Crippen molar-refractivity contribution >= 4 is 16.9 Å². The number of aromatic nitrogens is 2. The van der Waals surface area contributed by atoms with E-state index in [2.05, 4.69) is 9.97 Å². The molecule has 1 amide bonds. The lowest BCUT2D eigenvalue weighted by Crippen LogP contribution is -2.36. The Hall–Kier alpha value is -1.50. The van der Waals surface area contributed by atoms with Crippen molar-refractivity contribution in [1.29, 1.82) is 0 Å². The molecule has 1 fully saturated rings. The van der Waals surface area contributed by atoms with Crippen LogP contribution in [0.1, 0.15) is 38.6 Å². The summed E-state index contributed by atoms with van der Waals surface area (Å²) in [6, 6.07) is 1.85. The highest BCUT2D eigenvalue weighted by atomic mass is 32.2. The summed E-state index contributed by atoms with van der Waals surface area (Å²) in [6.07, 6.45) is 0.315. The van der Waals surface area contributed by atoms with Gasteiger partial charge in [0.05, 0.1) is 16.0 Å². The third-order valence-corrected chi connectivity index (χ3v) is 4.77. The van der Waals surface area contributed by atoms with Crippen molar-refractivity contribution in [3.63, 3.8) is 0 Å². The van der Waals surface area contributed by atoms with E-state index in [1.807, 2.05) is 40.7 Å². The van der Waals surface area contributed by atoms with Crippen LogP contribution in [0, 0.1) is 13.8 Å². The standard InChI is InChI=1S/C15H23N3O3S/c1-10-8-11(2)17-13(16-10)22(20)12-6-7-18(9-12)14(19)21-15(3,4)5/h8,12H,6-7,9H2,1-5H3/t12-,22-/m1/s1. The maximum Gasteiger partial charge on any atom is 0.410 e. The Morgan fingerprint density at radius 2 is 1.91 bits per heavy atom. The molecule has 2 heterocycles. The van der Waals surface area contributed by atoms with Gasteiger partial charge in [-0.3, -0.25) is 4.21 Å². The highest BCUT2D eigenvalue weighted by Gasteiger charge is 2.34. The molecular formula is C15H23N3O3S. The number of amides is 1. The topological polar surface area (TPSA) is 72.4 Å². The van der Waals surface area contributed by atoms with Crippen LogP contribution in [0.3, 0.4) is 0 Å². The second kappa shape index (κ2) is 6.32. The number of aryl methyl sites for hydroxylation is 2. The molecule has 7 heteroatoms. The molecule has 22 heavy (non-hydrogen) atoms. The SMILES string of the molecule is Cc1cc(C)nc([S@](=O)[C@@H]2CCN(C(=O)OC(C)(C)C)C2)n1. The summed E-state index contributed by atoms with van der Waals surface area (Å²) in [5.41, 5.74) is 1.08. The molecule has 1 saturated heterocycles. The molecule has 0 N–H and O–H groups in total. The van der Waals surface area contributed by atoms with Gasteiger partial charge in [0.1, 0.15) is 5.60 Å². The van der Waals surface area contributed by atoms with Gasteiger partial charge in [0, 0.05) is 24.5 Å². The van der Waals surface area contributed by atoms with Crippen LogP contribution in [0.15, 0.2) is 11.2 Å². The van der Waals surface area contributed by atoms with Crippen LogP contribution in [-0.4, -0.2) is 49.1 Å². The number of rotatable bonds is 2. The molecule has 1 aromatic rings. The summed E-state index contributed by atoms with van der Waals surface area (Å²) >= 11 is 0. The average Bonchev–Trinajstić information content (AvgIpc) is 2.84. The summed E-state index contributed by atoms with van der Waals surface area (Å²) in [6.45, 7) is 10.2. The molecule has 0 unspecified atom stereocenters. The number of nitrogens with zero attached hydrogens (tertiary/aromatic N) is 3. The molecule has 0 bridgehead atoms. The van der Waals surface area contributed by atoms with Gasteiger partial charge in [-0.15, -0.1) is 0 Å². The quantitative estimate of drug-likeness (QED) is 0.780. The number of carbonyl (C=O) groups excluding carboxylic acids is 1. The minimum atomic E-state index is -1.31. The molecule has 2 rings (SSSR count). The molecule has 1 aliphatic rings. The van der Waals surface area contributed by atoms with Gasteiger partial charge >= 0.3 is 6.09 Å². The third kappa shape index (κ3) is 4.25. The molecule has 1 aliphatic heterocycles. The lowest BCUT2D eigenvalue weighted by Gasteiger charge is -2.24. The predicted molar refractivity (Wildman–Crippen MR) is 84.1 cm³/mol. The first-order valence-corrected chi connectivity index (χ1v) is 8.58. The number of hydrogen-bond donors (Lipinski definition) is 0. The van der Waals surface area contributed by atoms with E-state index < -0.39 is 16.4 Å². The van der Waals surface area contributed by atoms with Gasteiger partial charge in [-0.25, -0.2) is 14.8 Å². The monoisotopic (exact) mass is 325 g/mol. The van der Waals surface area contributed by atoms with Crippen LogP contribution in [-0.2, 0) is 15.5 Å². The van der Waals surface area contributed by atoms with Crippen LogP contribution < -0.4 is 0 Å². The fourth-order valence-electron chi connectivity index (χ4n) is 2.33. The summed E-state index contributed by atoms with van der Waals surface area (Å²) < 4.78 is 18.0. The maximum absolute atomic E-state index is 12.6. The molecule has 0 spiro atoms. The zero-order valence-electron chi connectivity index (χ0n) is 13.8. The lowest BCUT2D eigenvalue weighted by molar-refractivity contribution is 0.0295. The van der Waals surface area contributed by atoms with E-state index in [0.29, 0.717) is 24.7 Å². The lowest BCUT2D eigenvalue weighted by atomic mass is 10.2. The van der Waals surface area contributed by atoms with Crippen molar-refractivity contribution in [1.82, 2.24) is 14.9 Å². The second-order valence-electron chi connectivity index (χ2n) is 6.57. The van der Waals surface area contributed by atoms with E-state index in [1.54, 1.807) is 4.90 Å². The summed E-state index contributed by atoms with van der Waals surface area (Å²) in [4.78, 5) is 22.2. The second-order valence-corrected chi connectivity index (χ2v) is 8.19. The van der Waals surface area contributed by atoms with Gasteiger partial charge in [-0.1, -0.05) is 0 Å². The molecule has 0 radical (unpaired) electrons. The van der Waals surface area contributed by atoms with Gasteiger partial charge in [0.15, 0.2) is 0 Å². The maximum atomic E-state index is 12.6. The Bertz CT molecular complexity index is 578. The predicted octanol–water partition coefficient (Wildman–Crippen LogP) is 2.21. The minimum absolute atomic E-state index is 0.145. The van der Waals surface area contributed by atoms with Crippen molar-refractivity contribution in [2.75, 3.05) is 13.1 Å². The summed E-state index contributed by atoms with van der Waals surface area (Å²) in [5, 5.41) is 0.210. The molecular weight excluding hydrogens is 302 g/mol. The fraction of sp³-hybridized carbons (Fsp3) is 0.667. The van der Waals surface area contributed by atoms with Crippen molar-refractivity contribution < 1.29 is 13.7 Å². The van der Waals surface area contributed by atoms with E-state index in [1.165, 1.54) is 0 Å². The first kappa shape index (κ1) is 16.9. The number of likely N-dealkylation sites (tertiary alicyclic amines) is 1. The number of ether oxygens (including phenoxy) is 1. The number of carbonyl (C=O) groups is 1. The molecule has 6 nitrogen and oxygen atoms in total. The summed E-state index contributed by atoms with van der Waals surface area (Å²) in [5.74, 6) is 0. The van der Waals surface area contributed by atoms with Crippen molar-refractivity contribution in [2.24, 2.45) is 0 Å². The minimum Gasteiger partial charge on any atom is -0.444 e. The molecule has 0 saturated carbocycles. The molecule has 0 aromatic carbocycles. The van der Waals surface area contributed by atoms with E-state index in [-0.39, 0.29) is 11.3 Å². The van der Waals surface area contributed by atoms with Gasteiger partial charge in [-0.2, -0.15) is 0 Å². The highest BCUT2D eigenvalue weighted by molar-refractivity contribution is 7.85. The van der Waals surface area contributed by atoms with Gasteiger partial charge in [0.2, 0.25) is 5.16 Å². The Kier molecular flexibility index (Phi) is 4.84. The molecule has 2 atom stereocenters. The Balaban J connectivity index is 2.03. The zero-order valence-corrected chi connectivity index (χ0v) is 14.6. The van der Waals surface area contributed by atoms with E-state index in [0.717, 1.165) is 11.4 Å². The Morgan fingerprint density at radius 1 is 1.32 bits per heavy atom. The van der Waals surface area contributed by atoms with Gasteiger partial charge in [0.25, 0.3) is 0 Å². The fourth-order valence-corrected chi connectivity index (χ4v) is 3.73. The van der Waals surface area contributed by atoms with Crippen LogP contribution in [0.5, 0.6) is 0 Å². The van der Waals surface area contributed by atoms with Gasteiger partial charge < -0.3 is 9.64 Å². The molecule has 0 aliphatic carbocycles. The van der Waals surface area contributed by atoms with Crippen LogP contribution in [0.4, 0.5) is 4.79 Å². The van der Waals surface area contributed by atoms with Gasteiger partial charge in [-0.05, 0) is 47.1 Å². The Labute approximate surface area is 133 Å². The number of hydrogen-bond acceptors (Lipinski definition) is 5. The van der Waals surface area contributed by atoms with E-state index in [4.69, 9.17) is 4.74 Å². The van der Waals surface area contributed by atoms with Crippen LogP contribution in [0.25, 0.3) is 0 Å². The van der Waals surface area contributed by atoms with Crippen molar-refractivity contribution in [2.45, 2.75) is 57.0 Å². The third-order valence-electron chi connectivity index (χ3n) is 3.24. The van der Waals surface area contributed by atoms with Crippen molar-refractivity contribution in [3.05, 3.63) is 17.5 Å². The largest absolute Gasteiger partial charge is 0.444 e. The Morgan fingerprint density at radius 3 is 2.45 bits per heavy atom. The normalized spacial score (nSPS) is 20.0. The molecule has 122 valence electrons. The smallest absolute Gasteiger partial charge is 0.410 e. The highest BCUT2D eigenvalue weighted by Crippen LogP contribution is 2.21. The van der Waals surface area contributed by atoms with Crippen LogP contribution >= 0.6 is 0 Å². The van der Waals surface area contributed by atoms with Crippen LogP contribution in [0.2, 0.25) is 0 Å². The van der Waals surface area contributed by atoms with E-state index in [9.17, 15) is 9.00 Å². The van der Waals surface area contributed by atoms with Crippen molar-refractivity contribution in [3.8, 4) is 0 Å².